The van der Waals surface area contributed by atoms with E-state index < -0.39 is 11.7 Å². The van der Waals surface area contributed by atoms with Gasteiger partial charge in [-0.1, -0.05) is 18.2 Å². The summed E-state index contributed by atoms with van der Waals surface area (Å²) in [7, 11) is 1.66. The third-order valence-corrected chi connectivity index (χ3v) is 7.05. The van der Waals surface area contributed by atoms with Crippen molar-refractivity contribution in [3.63, 3.8) is 0 Å². The number of alkyl halides is 3. The summed E-state index contributed by atoms with van der Waals surface area (Å²) in [6.07, 6.45) is -0.120. The minimum absolute atomic E-state index is 0.461. The Morgan fingerprint density at radius 1 is 0.967 bits per heavy atom. The zero-order valence-electron chi connectivity index (χ0n) is 17.0. The summed E-state index contributed by atoms with van der Waals surface area (Å²) in [5, 5.41) is 0. The van der Waals surface area contributed by atoms with Gasteiger partial charge >= 0.3 is 6.18 Å². The van der Waals surface area contributed by atoms with E-state index in [9.17, 15) is 13.2 Å². The number of hydrogen-bond donors (Lipinski definition) is 0. The number of nitrogens with zero attached hydrogens (tertiary/aromatic N) is 1. The number of fused-ring (bicyclic) bond motifs is 5. The second-order valence-electron chi connectivity index (χ2n) is 8.73. The maximum Gasteiger partial charge on any atom is 0.416 e. The molecule has 3 aliphatic rings. The molecule has 160 valence electrons. The molecule has 5 rings (SSSR count). The quantitative estimate of drug-likeness (QED) is 0.681. The number of ether oxygens (including phenoxy) is 2. The van der Waals surface area contributed by atoms with Gasteiger partial charge in [0.2, 0.25) is 0 Å². The standard InChI is InChI=1S/C24H26F3NO2/c1-29-21-7-4-16(15-2-5-18(6-3-15)24(25,26)27)12-17(21)10-11-28-13-19-20(14-28)23-9-8-22(19)30-23/h2-7,12,19-20,22-23H,8-11,13-14H2,1H3. The molecule has 4 unspecified atom stereocenters. The average molecular weight is 417 g/mol. The van der Waals surface area contributed by atoms with E-state index in [0.717, 1.165) is 60.6 Å². The highest BCUT2D eigenvalue weighted by atomic mass is 19.4. The molecule has 6 heteroatoms. The molecule has 2 bridgehead atoms. The monoisotopic (exact) mass is 417 g/mol. The van der Waals surface area contributed by atoms with E-state index >= 15 is 0 Å². The Morgan fingerprint density at radius 2 is 1.60 bits per heavy atom. The van der Waals surface area contributed by atoms with Crippen molar-refractivity contribution in [2.45, 2.75) is 37.6 Å². The Bertz CT molecular complexity index is 894. The van der Waals surface area contributed by atoms with Gasteiger partial charge in [0.05, 0.1) is 24.9 Å². The summed E-state index contributed by atoms with van der Waals surface area (Å²) in [6.45, 7) is 3.17. The zero-order chi connectivity index (χ0) is 20.9. The maximum absolute atomic E-state index is 12.8. The van der Waals surface area contributed by atoms with E-state index in [2.05, 4.69) is 4.90 Å². The molecule has 4 atom stereocenters. The minimum atomic E-state index is -4.32. The van der Waals surface area contributed by atoms with Crippen molar-refractivity contribution in [1.29, 1.82) is 0 Å². The molecule has 3 fully saturated rings. The minimum Gasteiger partial charge on any atom is -0.496 e. The molecule has 0 N–H and O–H groups in total. The van der Waals surface area contributed by atoms with Crippen LogP contribution >= 0.6 is 0 Å². The highest BCUT2D eigenvalue weighted by Crippen LogP contribution is 2.47. The molecule has 0 aromatic heterocycles. The Labute approximate surface area is 174 Å². The molecule has 2 aromatic carbocycles. The molecule has 3 heterocycles. The predicted molar refractivity (Wildman–Crippen MR) is 108 cm³/mol. The number of hydrogen-bond acceptors (Lipinski definition) is 3. The van der Waals surface area contributed by atoms with Crippen molar-refractivity contribution < 1.29 is 22.6 Å². The first-order valence-corrected chi connectivity index (χ1v) is 10.6. The summed E-state index contributed by atoms with van der Waals surface area (Å²) in [4.78, 5) is 2.54. The maximum atomic E-state index is 12.8. The van der Waals surface area contributed by atoms with Gasteiger partial charge in [0.1, 0.15) is 5.75 Å². The van der Waals surface area contributed by atoms with Gasteiger partial charge in [-0.15, -0.1) is 0 Å². The topological polar surface area (TPSA) is 21.7 Å². The number of rotatable bonds is 5. The van der Waals surface area contributed by atoms with Gasteiger partial charge in [0, 0.05) is 31.5 Å². The Hall–Kier alpha value is -2.05. The van der Waals surface area contributed by atoms with Crippen LogP contribution in [0.5, 0.6) is 5.75 Å². The van der Waals surface area contributed by atoms with E-state index in [1.807, 2.05) is 18.2 Å². The first-order valence-electron chi connectivity index (χ1n) is 10.6. The Morgan fingerprint density at radius 3 is 2.20 bits per heavy atom. The lowest BCUT2D eigenvalue weighted by atomic mass is 9.82. The number of methoxy groups -OCH3 is 1. The largest absolute Gasteiger partial charge is 0.496 e. The zero-order valence-corrected chi connectivity index (χ0v) is 17.0. The van der Waals surface area contributed by atoms with Crippen molar-refractivity contribution in [3.05, 3.63) is 53.6 Å². The molecule has 2 aromatic rings. The second-order valence-corrected chi connectivity index (χ2v) is 8.73. The van der Waals surface area contributed by atoms with Crippen LogP contribution in [0.3, 0.4) is 0 Å². The molecule has 3 saturated heterocycles. The Kier molecular flexibility index (Phi) is 5.02. The number of halogens is 3. The van der Waals surface area contributed by atoms with E-state index in [1.54, 1.807) is 7.11 Å². The first kappa shape index (κ1) is 19.9. The molecular formula is C24H26F3NO2. The van der Waals surface area contributed by atoms with Gasteiger partial charge in [0.25, 0.3) is 0 Å². The average Bonchev–Trinajstić information content (AvgIpc) is 3.45. The lowest BCUT2D eigenvalue weighted by Crippen LogP contribution is -2.27. The first-order chi connectivity index (χ1) is 14.4. The number of benzene rings is 2. The summed E-state index contributed by atoms with van der Waals surface area (Å²) in [6, 6.07) is 11.2. The van der Waals surface area contributed by atoms with Crippen molar-refractivity contribution in [2.75, 3.05) is 26.7 Å². The molecule has 0 saturated carbocycles. The molecule has 0 amide bonds. The van der Waals surface area contributed by atoms with Crippen molar-refractivity contribution in [3.8, 4) is 16.9 Å². The fourth-order valence-corrected chi connectivity index (χ4v) is 5.51. The molecule has 0 spiro atoms. The summed E-state index contributed by atoms with van der Waals surface area (Å²) in [5.74, 6) is 2.20. The highest BCUT2D eigenvalue weighted by molar-refractivity contribution is 5.66. The van der Waals surface area contributed by atoms with Crippen LogP contribution in [0.25, 0.3) is 11.1 Å². The van der Waals surface area contributed by atoms with Crippen LogP contribution in [0.15, 0.2) is 42.5 Å². The van der Waals surface area contributed by atoms with Gasteiger partial charge in [-0.3, -0.25) is 0 Å². The third-order valence-electron chi connectivity index (χ3n) is 7.05. The van der Waals surface area contributed by atoms with Crippen molar-refractivity contribution in [2.24, 2.45) is 11.8 Å². The normalized spacial score (nSPS) is 28.1. The van der Waals surface area contributed by atoms with Crippen LogP contribution in [0.2, 0.25) is 0 Å². The van der Waals surface area contributed by atoms with Crippen LogP contribution in [-0.2, 0) is 17.3 Å². The lowest BCUT2D eigenvalue weighted by molar-refractivity contribution is -0.137. The smallest absolute Gasteiger partial charge is 0.416 e. The fourth-order valence-electron chi connectivity index (χ4n) is 5.51. The predicted octanol–water partition coefficient (Wildman–Crippen LogP) is 5.03. The second kappa shape index (κ2) is 7.57. The highest BCUT2D eigenvalue weighted by Gasteiger charge is 2.52. The van der Waals surface area contributed by atoms with Crippen LogP contribution in [0.4, 0.5) is 13.2 Å². The van der Waals surface area contributed by atoms with E-state index in [1.165, 1.54) is 25.0 Å². The third kappa shape index (κ3) is 3.60. The van der Waals surface area contributed by atoms with Crippen LogP contribution < -0.4 is 4.74 Å². The Balaban J connectivity index is 1.29. The molecule has 0 aliphatic carbocycles. The molecule has 3 aliphatic heterocycles. The van der Waals surface area contributed by atoms with E-state index in [4.69, 9.17) is 9.47 Å². The van der Waals surface area contributed by atoms with Crippen molar-refractivity contribution >= 4 is 0 Å². The fraction of sp³-hybridized carbons (Fsp3) is 0.500. The molecule has 30 heavy (non-hydrogen) atoms. The van der Waals surface area contributed by atoms with E-state index in [-0.39, 0.29) is 0 Å². The number of likely N-dealkylation sites (tertiary alicyclic amines) is 1. The van der Waals surface area contributed by atoms with Gasteiger partial charge in [-0.25, -0.2) is 0 Å². The van der Waals surface area contributed by atoms with Gasteiger partial charge < -0.3 is 14.4 Å². The SMILES string of the molecule is COc1ccc(-c2ccc(C(F)(F)F)cc2)cc1CCN1CC2C3CCC(O3)C2C1. The molecule has 0 radical (unpaired) electrons. The molecular weight excluding hydrogens is 391 g/mol. The summed E-state index contributed by atoms with van der Waals surface area (Å²) < 4.78 is 50.1. The molecule has 3 nitrogen and oxygen atoms in total. The van der Waals surface area contributed by atoms with Gasteiger partial charge in [-0.05, 0) is 60.2 Å². The lowest BCUT2D eigenvalue weighted by Gasteiger charge is -2.19. The van der Waals surface area contributed by atoms with Gasteiger partial charge in [0.15, 0.2) is 0 Å². The van der Waals surface area contributed by atoms with Crippen LogP contribution in [0, 0.1) is 11.8 Å². The van der Waals surface area contributed by atoms with Crippen molar-refractivity contribution in [1.82, 2.24) is 4.90 Å². The van der Waals surface area contributed by atoms with Gasteiger partial charge in [-0.2, -0.15) is 13.2 Å². The van der Waals surface area contributed by atoms with Crippen LogP contribution in [-0.4, -0.2) is 43.9 Å². The van der Waals surface area contributed by atoms with E-state index in [0.29, 0.717) is 24.0 Å². The summed E-state index contributed by atoms with van der Waals surface area (Å²) in [5.41, 5.74) is 2.14. The van der Waals surface area contributed by atoms with Crippen LogP contribution in [0.1, 0.15) is 24.0 Å². The summed E-state index contributed by atoms with van der Waals surface area (Å²) >= 11 is 0.